The van der Waals surface area contributed by atoms with E-state index in [0.717, 1.165) is 17.2 Å². The number of fused-ring (bicyclic) bond motifs is 6. The van der Waals surface area contributed by atoms with Crippen molar-refractivity contribution < 1.29 is 0 Å². The third kappa shape index (κ3) is 2.43. The monoisotopic (exact) mass is 427 g/mol. The van der Waals surface area contributed by atoms with Gasteiger partial charge in [-0.2, -0.15) is 0 Å². The highest BCUT2D eigenvalue weighted by atomic mass is 15.0. The molecule has 2 aliphatic heterocycles. The molecule has 1 N–H and O–H groups in total. The number of allylic oxidation sites excluding steroid dienone is 2. The van der Waals surface area contributed by atoms with Crippen LogP contribution in [0.2, 0.25) is 0 Å². The molecule has 1 aromatic heterocycles. The molecule has 0 saturated heterocycles. The second kappa shape index (κ2) is 6.12. The van der Waals surface area contributed by atoms with Gasteiger partial charge in [0, 0.05) is 34.1 Å². The van der Waals surface area contributed by atoms with Crippen molar-refractivity contribution in [3.05, 3.63) is 69.8 Å². The van der Waals surface area contributed by atoms with Crippen LogP contribution < -0.4 is 5.32 Å². The fourth-order valence-corrected chi connectivity index (χ4v) is 6.38. The molecule has 1 aromatic carbocycles. The van der Waals surface area contributed by atoms with E-state index in [1.807, 2.05) is 6.07 Å². The molecule has 0 radical (unpaired) electrons. The predicted octanol–water partition coefficient (Wildman–Crippen LogP) is 6.58. The van der Waals surface area contributed by atoms with Crippen LogP contribution in [0.4, 0.5) is 0 Å². The molecule has 2 unspecified atom stereocenters. The second-order valence-electron chi connectivity index (χ2n) is 12.0. The molecule has 2 atom stereocenters. The number of hydrogen-bond acceptors (Lipinski definition) is 3. The van der Waals surface area contributed by atoms with Crippen molar-refractivity contribution in [1.29, 1.82) is 0 Å². The normalized spacial score (nSPS) is 28.2. The molecule has 1 aliphatic carbocycles. The third-order valence-electron chi connectivity index (χ3n) is 9.88. The molecule has 32 heavy (non-hydrogen) atoms. The average molecular weight is 428 g/mol. The Morgan fingerprint density at radius 1 is 0.750 bits per heavy atom. The van der Waals surface area contributed by atoms with E-state index in [0.29, 0.717) is 0 Å². The van der Waals surface area contributed by atoms with Crippen molar-refractivity contribution in [2.45, 2.75) is 85.6 Å². The zero-order valence-corrected chi connectivity index (χ0v) is 21.4. The Hall–Kier alpha value is -2.42. The van der Waals surface area contributed by atoms with Crippen LogP contribution in [0.1, 0.15) is 94.9 Å². The van der Waals surface area contributed by atoms with Crippen molar-refractivity contribution in [3.8, 4) is 0 Å². The number of aromatic nitrogens is 2. The molecule has 2 bridgehead atoms. The molecule has 3 aliphatic rings. The topological polar surface area (TPSA) is 37.8 Å². The minimum absolute atomic E-state index is 0.0943. The van der Waals surface area contributed by atoms with Crippen molar-refractivity contribution in [2.75, 3.05) is 0 Å². The highest BCUT2D eigenvalue weighted by Gasteiger charge is 2.58. The van der Waals surface area contributed by atoms with E-state index < -0.39 is 0 Å². The Morgan fingerprint density at radius 3 is 1.91 bits per heavy atom. The van der Waals surface area contributed by atoms with Crippen molar-refractivity contribution in [1.82, 2.24) is 15.3 Å². The van der Waals surface area contributed by atoms with Gasteiger partial charge in [0.05, 0.1) is 5.54 Å². The summed E-state index contributed by atoms with van der Waals surface area (Å²) in [6, 6.07) is 7.06. The lowest BCUT2D eigenvalue weighted by Crippen LogP contribution is -2.42. The third-order valence-corrected chi connectivity index (χ3v) is 9.88. The maximum Gasteiger partial charge on any atom is 0.155 e. The maximum absolute atomic E-state index is 4.80. The highest BCUT2D eigenvalue weighted by molar-refractivity contribution is 5.82. The first-order chi connectivity index (χ1) is 14.7. The van der Waals surface area contributed by atoms with Gasteiger partial charge in [-0.05, 0) is 71.9 Å². The van der Waals surface area contributed by atoms with Crippen LogP contribution in [-0.2, 0) is 16.4 Å². The van der Waals surface area contributed by atoms with Crippen LogP contribution in [0.3, 0.4) is 0 Å². The van der Waals surface area contributed by atoms with Crippen molar-refractivity contribution >= 4 is 11.3 Å². The van der Waals surface area contributed by atoms with E-state index in [-0.39, 0.29) is 27.7 Å². The molecule has 0 saturated carbocycles. The molecular weight excluding hydrogens is 390 g/mol. The van der Waals surface area contributed by atoms with Gasteiger partial charge in [0.25, 0.3) is 0 Å². The van der Waals surface area contributed by atoms with Crippen LogP contribution in [0.25, 0.3) is 11.3 Å². The summed E-state index contributed by atoms with van der Waals surface area (Å²) in [4.78, 5) is 9.61. The van der Waals surface area contributed by atoms with Gasteiger partial charge < -0.3 is 5.32 Å². The van der Waals surface area contributed by atoms with E-state index in [4.69, 9.17) is 9.97 Å². The van der Waals surface area contributed by atoms with Crippen LogP contribution >= 0.6 is 0 Å². The Balaban J connectivity index is 1.73. The van der Waals surface area contributed by atoms with Gasteiger partial charge in [0.15, 0.2) is 5.82 Å². The van der Waals surface area contributed by atoms with Gasteiger partial charge in [-0.15, -0.1) is 0 Å². The molecule has 168 valence electrons. The van der Waals surface area contributed by atoms with E-state index in [1.165, 1.54) is 33.5 Å². The Bertz CT molecular complexity index is 1200. The summed E-state index contributed by atoms with van der Waals surface area (Å²) in [6.07, 6.45) is 4.48. The van der Waals surface area contributed by atoms with E-state index >= 15 is 0 Å². The van der Waals surface area contributed by atoms with E-state index in [2.05, 4.69) is 98.8 Å². The smallest absolute Gasteiger partial charge is 0.155 e. The molecule has 3 nitrogen and oxygen atoms in total. The van der Waals surface area contributed by atoms with Crippen LogP contribution in [0.5, 0.6) is 0 Å². The summed E-state index contributed by atoms with van der Waals surface area (Å²) in [5.74, 6) is 1.08. The Morgan fingerprint density at radius 2 is 1.31 bits per heavy atom. The van der Waals surface area contributed by atoms with Gasteiger partial charge in [0.2, 0.25) is 0 Å². The van der Waals surface area contributed by atoms with Gasteiger partial charge in [-0.3, -0.25) is 0 Å². The quantitative estimate of drug-likeness (QED) is 0.558. The maximum atomic E-state index is 4.80. The highest BCUT2D eigenvalue weighted by Crippen LogP contribution is 2.63. The number of rotatable bonds is 1. The Kier molecular flexibility index (Phi) is 4.10. The fraction of sp³-hybridized carbons (Fsp3) is 0.517. The van der Waals surface area contributed by atoms with E-state index in [1.54, 1.807) is 0 Å². The largest absolute Gasteiger partial charge is 0.375 e. The minimum atomic E-state index is -0.202. The zero-order valence-electron chi connectivity index (χ0n) is 21.4. The van der Waals surface area contributed by atoms with Crippen LogP contribution in [0.15, 0.2) is 30.4 Å². The summed E-state index contributed by atoms with van der Waals surface area (Å²) < 4.78 is 0. The first-order valence-electron chi connectivity index (χ1n) is 11.9. The summed E-state index contributed by atoms with van der Waals surface area (Å²) in [7, 11) is 0. The molecule has 0 amide bonds. The first kappa shape index (κ1) is 21.4. The lowest BCUT2D eigenvalue weighted by Gasteiger charge is -2.44. The molecular formula is C29H37N3. The molecule has 5 rings (SSSR count). The summed E-state index contributed by atoms with van der Waals surface area (Å²) in [6.45, 7) is 23.3. The SMILES string of the molecule is Cc1cc(C)nc(C2=CC=C3NC(C)(c4cc5c(cc43)C(C)(C)C(C)(C)C5(C)C)C2C)n1. The molecule has 0 fully saturated rings. The second-order valence-corrected chi connectivity index (χ2v) is 12.0. The lowest BCUT2D eigenvalue weighted by atomic mass is 9.59. The molecule has 3 heteroatoms. The average Bonchev–Trinajstić information content (AvgIpc) is 2.95. The fourth-order valence-electron chi connectivity index (χ4n) is 6.38. The number of nitrogens with one attached hydrogen (secondary N) is 1. The summed E-state index contributed by atoms with van der Waals surface area (Å²) in [5, 5.41) is 3.90. The number of aryl methyl sites for hydroxylation is 2. The van der Waals surface area contributed by atoms with Crippen molar-refractivity contribution in [3.63, 3.8) is 0 Å². The predicted molar refractivity (Wildman–Crippen MR) is 133 cm³/mol. The van der Waals surface area contributed by atoms with Gasteiger partial charge in [0.1, 0.15) is 0 Å². The minimum Gasteiger partial charge on any atom is -0.375 e. The molecule has 2 aromatic rings. The van der Waals surface area contributed by atoms with Crippen LogP contribution in [0, 0.1) is 25.2 Å². The number of hydrogen-bond donors (Lipinski definition) is 1. The number of benzene rings is 1. The summed E-state index contributed by atoms with van der Waals surface area (Å²) >= 11 is 0. The number of nitrogens with zero attached hydrogens (tertiary/aromatic N) is 2. The van der Waals surface area contributed by atoms with Gasteiger partial charge in [-0.1, -0.05) is 60.6 Å². The molecule has 0 spiro atoms. The van der Waals surface area contributed by atoms with Crippen LogP contribution in [-0.4, -0.2) is 9.97 Å². The Labute approximate surface area is 193 Å². The lowest BCUT2D eigenvalue weighted by molar-refractivity contribution is 0.125. The van der Waals surface area contributed by atoms with E-state index in [9.17, 15) is 0 Å². The first-order valence-corrected chi connectivity index (χ1v) is 11.9. The summed E-state index contributed by atoms with van der Waals surface area (Å²) in [5.41, 5.74) is 10.4. The molecule has 3 heterocycles. The van der Waals surface area contributed by atoms with Gasteiger partial charge in [-0.25, -0.2) is 9.97 Å². The zero-order chi connectivity index (χ0) is 23.4. The standard InChI is InChI=1S/C29H37N3/c1-16-13-17(2)31-25(30-16)19-11-12-24-20-14-22-23(15-21(20)29(10,32-24)18(19)3)27(6,7)28(8,9)26(22,4)5/h11-15,18,32H,1-10H3. The van der Waals surface area contributed by atoms with Crippen molar-refractivity contribution in [2.24, 2.45) is 11.3 Å². The van der Waals surface area contributed by atoms with Gasteiger partial charge >= 0.3 is 0 Å².